The van der Waals surface area contributed by atoms with E-state index in [0.29, 0.717) is 17.2 Å². The monoisotopic (exact) mass is 376 g/mol. The van der Waals surface area contributed by atoms with Crippen molar-refractivity contribution < 1.29 is 14.3 Å². The van der Waals surface area contributed by atoms with E-state index in [1.165, 1.54) is 7.11 Å². The summed E-state index contributed by atoms with van der Waals surface area (Å²) in [6, 6.07) is 5.30. The first-order valence-electron chi connectivity index (χ1n) is 8.62. The summed E-state index contributed by atoms with van der Waals surface area (Å²) in [5.41, 5.74) is 1.43. The first kappa shape index (κ1) is 18.7. The summed E-state index contributed by atoms with van der Waals surface area (Å²) in [6.07, 6.45) is 2.30. The van der Waals surface area contributed by atoms with Crippen molar-refractivity contribution in [2.45, 2.75) is 29.7 Å². The lowest BCUT2D eigenvalue weighted by atomic mass is 9.99. The van der Waals surface area contributed by atoms with E-state index < -0.39 is 0 Å². The summed E-state index contributed by atoms with van der Waals surface area (Å²) in [4.78, 5) is 11.8. The van der Waals surface area contributed by atoms with Gasteiger partial charge >= 0.3 is 5.97 Å². The van der Waals surface area contributed by atoms with Crippen molar-refractivity contribution in [3.63, 3.8) is 0 Å². The quantitative estimate of drug-likeness (QED) is 0.612. The van der Waals surface area contributed by atoms with Gasteiger partial charge in [0.25, 0.3) is 0 Å². The Bertz CT molecular complexity index is 772. The SMILES string of the molecule is COC(=O)c1ccc(OC)c(CSc2nnc([C@H]3CCCNC3)n2C)c1. The van der Waals surface area contributed by atoms with E-state index in [2.05, 4.69) is 20.1 Å². The van der Waals surface area contributed by atoms with Crippen LogP contribution in [0, 0.1) is 0 Å². The third-order valence-corrected chi connectivity index (χ3v) is 5.66. The molecule has 0 spiro atoms. The smallest absolute Gasteiger partial charge is 0.337 e. The molecule has 7 nitrogen and oxygen atoms in total. The van der Waals surface area contributed by atoms with E-state index in [1.54, 1.807) is 37.1 Å². The van der Waals surface area contributed by atoms with E-state index in [1.807, 2.05) is 7.05 Å². The van der Waals surface area contributed by atoms with Crippen LogP contribution in [0.2, 0.25) is 0 Å². The summed E-state index contributed by atoms with van der Waals surface area (Å²) in [5.74, 6) is 2.44. The Hall–Kier alpha value is -2.06. The summed E-state index contributed by atoms with van der Waals surface area (Å²) in [7, 11) is 5.01. The molecule has 0 saturated carbocycles. The second-order valence-corrected chi connectivity index (χ2v) is 7.19. The van der Waals surface area contributed by atoms with Crippen LogP contribution in [0.5, 0.6) is 5.75 Å². The number of carbonyl (C=O) groups is 1. The van der Waals surface area contributed by atoms with Gasteiger partial charge in [-0.15, -0.1) is 10.2 Å². The number of hydrogen-bond acceptors (Lipinski definition) is 7. The van der Waals surface area contributed by atoms with Crippen molar-refractivity contribution in [1.82, 2.24) is 20.1 Å². The minimum Gasteiger partial charge on any atom is -0.496 e. The molecule has 1 saturated heterocycles. The lowest BCUT2D eigenvalue weighted by molar-refractivity contribution is 0.0600. The second kappa shape index (κ2) is 8.55. The fourth-order valence-corrected chi connectivity index (χ4v) is 4.05. The number of benzene rings is 1. The van der Waals surface area contributed by atoms with Crippen molar-refractivity contribution in [3.8, 4) is 5.75 Å². The second-order valence-electron chi connectivity index (χ2n) is 6.25. The van der Waals surface area contributed by atoms with Gasteiger partial charge in [-0.05, 0) is 37.6 Å². The minimum absolute atomic E-state index is 0.357. The predicted octanol–water partition coefficient (Wildman–Crippen LogP) is 2.37. The average molecular weight is 376 g/mol. The molecule has 1 fully saturated rings. The van der Waals surface area contributed by atoms with Crippen LogP contribution < -0.4 is 10.1 Å². The van der Waals surface area contributed by atoms with Gasteiger partial charge in [0.05, 0.1) is 19.8 Å². The summed E-state index contributed by atoms with van der Waals surface area (Å²) >= 11 is 1.58. The molecule has 2 aromatic rings. The number of piperidine rings is 1. The largest absolute Gasteiger partial charge is 0.496 e. The number of methoxy groups -OCH3 is 2. The van der Waals surface area contributed by atoms with Gasteiger partial charge in [0, 0.05) is 30.8 Å². The fourth-order valence-electron chi connectivity index (χ4n) is 3.16. The molecule has 1 aliphatic rings. The lowest BCUT2D eigenvalue weighted by Gasteiger charge is -2.21. The first-order chi connectivity index (χ1) is 12.6. The Morgan fingerprint density at radius 1 is 1.38 bits per heavy atom. The highest BCUT2D eigenvalue weighted by atomic mass is 32.2. The van der Waals surface area contributed by atoms with E-state index >= 15 is 0 Å². The highest BCUT2D eigenvalue weighted by Crippen LogP contribution is 2.30. The van der Waals surface area contributed by atoms with Gasteiger partial charge in [-0.25, -0.2) is 4.79 Å². The van der Waals surface area contributed by atoms with Gasteiger partial charge in [0.1, 0.15) is 11.6 Å². The van der Waals surface area contributed by atoms with Gasteiger partial charge in [-0.1, -0.05) is 11.8 Å². The number of hydrogen-bond donors (Lipinski definition) is 1. The highest BCUT2D eigenvalue weighted by Gasteiger charge is 2.22. The number of nitrogens with zero attached hydrogens (tertiary/aromatic N) is 3. The summed E-state index contributed by atoms with van der Waals surface area (Å²) in [5, 5.41) is 13.0. The molecule has 140 valence electrons. The highest BCUT2D eigenvalue weighted by molar-refractivity contribution is 7.98. The molecule has 0 bridgehead atoms. The zero-order valence-corrected chi connectivity index (χ0v) is 16.1. The van der Waals surface area contributed by atoms with Gasteiger partial charge in [0.15, 0.2) is 5.16 Å². The molecule has 0 aliphatic carbocycles. The zero-order valence-electron chi connectivity index (χ0n) is 15.3. The Kier molecular flexibility index (Phi) is 6.16. The molecule has 3 rings (SSSR count). The molecule has 26 heavy (non-hydrogen) atoms. The van der Waals surface area contributed by atoms with Crippen molar-refractivity contribution >= 4 is 17.7 Å². The van der Waals surface area contributed by atoms with Crippen LogP contribution in [-0.4, -0.2) is 48.0 Å². The molecular formula is C18H24N4O3S. The molecule has 0 unspecified atom stereocenters. The third-order valence-electron chi connectivity index (χ3n) is 4.59. The number of ether oxygens (including phenoxy) is 2. The molecule has 0 radical (unpaired) electrons. The number of rotatable bonds is 6. The predicted molar refractivity (Wildman–Crippen MR) is 99.7 cm³/mol. The number of nitrogens with one attached hydrogen (secondary N) is 1. The maximum Gasteiger partial charge on any atom is 0.337 e. The Morgan fingerprint density at radius 2 is 2.23 bits per heavy atom. The van der Waals surface area contributed by atoms with Crippen LogP contribution in [0.4, 0.5) is 0 Å². The van der Waals surface area contributed by atoms with Gasteiger partial charge in [0.2, 0.25) is 0 Å². The van der Waals surface area contributed by atoms with Crippen molar-refractivity contribution in [2.24, 2.45) is 7.05 Å². The first-order valence-corrected chi connectivity index (χ1v) is 9.60. The maximum atomic E-state index is 11.8. The van der Waals surface area contributed by atoms with Gasteiger partial charge in [-0.3, -0.25) is 0 Å². The third kappa shape index (κ3) is 4.02. The Morgan fingerprint density at radius 3 is 2.92 bits per heavy atom. The lowest BCUT2D eigenvalue weighted by Crippen LogP contribution is -2.29. The van der Waals surface area contributed by atoms with Crippen molar-refractivity contribution in [1.29, 1.82) is 0 Å². The molecule has 8 heteroatoms. The normalized spacial score (nSPS) is 17.1. The molecule has 0 amide bonds. The zero-order chi connectivity index (χ0) is 18.5. The molecule has 1 aromatic carbocycles. The number of esters is 1. The Labute approximate surface area is 157 Å². The summed E-state index contributed by atoms with van der Waals surface area (Å²) in [6.45, 7) is 2.03. The van der Waals surface area contributed by atoms with Gasteiger partial charge in [-0.2, -0.15) is 0 Å². The van der Waals surface area contributed by atoms with E-state index in [9.17, 15) is 4.79 Å². The van der Waals surface area contributed by atoms with E-state index in [4.69, 9.17) is 9.47 Å². The van der Waals surface area contributed by atoms with E-state index in [-0.39, 0.29) is 5.97 Å². The average Bonchev–Trinajstić information content (AvgIpc) is 3.06. The molecule has 1 aliphatic heterocycles. The molecule has 1 atom stereocenters. The molecule has 1 N–H and O–H groups in total. The summed E-state index contributed by atoms with van der Waals surface area (Å²) < 4.78 is 12.3. The van der Waals surface area contributed by atoms with Crippen LogP contribution in [0.25, 0.3) is 0 Å². The van der Waals surface area contributed by atoms with Gasteiger partial charge < -0.3 is 19.4 Å². The van der Waals surface area contributed by atoms with Crippen molar-refractivity contribution in [2.75, 3.05) is 27.3 Å². The fraction of sp³-hybridized carbons (Fsp3) is 0.500. The van der Waals surface area contributed by atoms with Crippen LogP contribution >= 0.6 is 11.8 Å². The number of carbonyl (C=O) groups excluding carboxylic acids is 1. The van der Waals surface area contributed by atoms with E-state index in [0.717, 1.165) is 48.2 Å². The molecule has 1 aromatic heterocycles. The van der Waals surface area contributed by atoms with Crippen LogP contribution in [-0.2, 0) is 17.5 Å². The number of aromatic nitrogens is 3. The van der Waals surface area contributed by atoms with Crippen molar-refractivity contribution in [3.05, 3.63) is 35.2 Å². The van der Waals surface area contributed by atoms with Crippen LogP contribution in [0.1, 0.15) is 40.5 Å². The van der Waals surface area contributed by atoms with Crippen LogP contribution in [0.15, 0.2) is 23.4 Å². The molecule has 2 heterocycles. The minimum atomic E-state index is -0.357. The maximum absolute atomic E-state index is 11.8. The molecular weight excluding hydrogens is 352 g/mol. The van der Waals surface area contributed by atoms with Crippen LogP contribution in [0.3, 0.4) is 0 Å². The Balaban J connectivity index is 1.74. The standard InChI is InChI=1S/C18H24N4O3S/c1-22-16(13-5-4-8-19-10-13)20-21-18(22)26-11-14-9-12(17(23)25-3)6-7-15(14)24-2/h6-7,9,13,19H,4-5,8,10-11H2,1-3H3/t13-/m0/s1. The topological polar surface area (TPSA) is 78.3 Å². The number of thioether (sulfide) groups is 1.